The van der Waals surface area contributed by atoms with Crippen LogP contribution < -0.4 is 15.2 Å². The Bertz CT molecular complexity index is 773. The zero-order valence-electron chi connectivity index (χ0n) is 12.5. The molecule has 1 aliphatic heterocycles. The number of benzene rings is 1. The molecule has 0 unspecified atom stereocenters. The molecule has 6 nitrogen and oxygen atoms in total. The van der Waals surface area contributed by atoms with E-state index in [1.54, 1.807) is 24.3 Å². The molecule has 2 atom stereocenters. The zero-order valence-corrected chi connectivity index (χ0v) is 12.5. The Kier molecular flexibility index (Phi) is 3.86. The lowest BCUT2D eigenvalue weighted by Gasteiger charge is -2.34. The van der Waals surface area contributed by atoms with Crippen molar-refractivity contribution >= 4 is 11.8 Å². The van der Waals surface area contributed by atoms with Crippen molar-refractivity contribution in [2.24, 2.45) is 0 Å². The number of carboxylic acids is 1. The van der Waals surface area contributed by atoms with E-state index in [0.29, 0.717) is 16.0 Å². The van der Waals surface area contributed by atoms with Crippen molar-refractivity contribution in [3.05, 3.63) is 41.6 Å². The summed E-state index contributed by atoms with van der Waals surface area (Å²) in [5.41, 5.74) is 0.150. The molecule has 0 amide bonds. The predicted molar refractivity (Wildman–Crippen MR) is 75.6 cm³/mol. The number of carbonyl (C=O) groups excluding carboxylic acids is 1. The molecule has 2 heterocycles. The van der Waals surface area contributed by atoms with Gasteiger partial charge in [0.05, 0.1) is 30.9 Å². The van der Waals surface area contributed by atoms with Gasteiger partial charge in [-0.15, -0.1) is 0 Å². The van der Waals surface area contributed by atoms with Gasteiger partial charge in [-0.3, -0.25) is 0 Å². The number of alkyl halides is 3. The van der Waals surface area contributed by atoms with Crippen LogP contribution >= 0.6 is 0 Å². The first-order valence-corrected chi connectivity index (χ1v) is 7.07. The minimum Gasteiger partial charge on any atom is -0.545 e. The highest BCUT2D eigenvalue weighted by Crippen LogP contribution is 2.44. The Morgan fingerprint density at radius 2 is 2.21 bits per heavy atom. The largest absolute Gasteiger partial charge is 0.545 e. The van der Waals surface area contributed by atoms with Crippen molar-refractivity contribution < 1.29 is 27.8 Å². The Balaban J connectivity index is 2.05. The van der Waals surface area contributed by atoms with Gasteiger partial charge in [-0.2, -0.15) is 18.3 Å². The molecule has 0 radical (unpaired) electrons. The summed E-state index contributed by atoms with van der Waals surface area (Å²) in [5, 5.41) is 17.5. The number of nitrogens with one attached hydrogen (secondary N) is 1. The number of halogens is 3. The van der Waals surface area contributed by atoms with Crippen molar-refractivity contribution in [3.63, 3.8) is 0 Å². The van der Waals surface area contributed by atoms with E-state index < -0.39 is 29.8 Å². The fourth-order valence-electron chi connectivity index (χ4n) is 2.79. The summed E-state index contributed by atoms with van der Waals surface area (Å²) >= 11 is 0. The second-order valence-electron chi connectivity index (χ2n) is 5.41. The normalized spacial score (nSPS) is 20.2. The van der Waals surface area contributed by atoms with Gasteiger partial charge >= 0.3 is 6.18 Å². The second-order valence-corrected chi connectivity index (χ2v) is 5.41. The van der Waals surface area contributed by atoms with Crippen molar-refractivity contribution in [2.75, 3.05) is 12.4 Å². The number of hydrogen-bond donors (Lipinski definition) is 1. The molecule has 1 aromatic heterocycles. The average molecular weight is 340 g/mol. The molecule has 2 aromatic rings. The Hall–Kier alpha value is -2.71. The lowest BCUT2D eigenvalue weighted by atomic mass is 9.96. The number of carbonyl (C=O) groups is 1. The molecule has 0 spiro atoms. The maximum atomic E-state index is 13.4. The monoisotopic (exact) mass is 340 g/mol. The topological polar surface area (TPSA) is 79.2 Å². The number of fused-ring (bicyclic) bond motifs is 1. The molecule has 1 N–H and O–H groups in total. The predicted octanol–water partition coefficient (Wildman–Crippen LogP) is 1.92. The number of aromatic nitrogens is 2. The standard InChI is InChI=1S/C15H14F3N3O3/c1-24-9-4-2-3-8(5-9)11-6-12(15(16,17)18)21-13(20-11)10(7-19-21)14(22)23/h2-5,7,11-12,20H,6H2,1H3,(H,22,23)/p-1/t11-,12-/m1/s1. The highest BCUT2D eigenvalue weighted by molar-refractivity contribution is 5.91. The van der Waals surface area contributed by atoms with Crippen LogP contribution in [0.15, 0.2) is 30.5 Å². The van der Waals surface area contributed by atoms with Gasteiger partial charge in [-0.25, -0.2) is 4.68 Å². The summed E-state index contributed by atoms with van der Waals surface area (Å²) in [4.78, 5) is 11.1. The first kappa shape index (κ1) is 16.2. The summed E-state index contributed by atoms with van der Waals surface area (Å²) < 4.78 is 45.9. The molecule has 9 heteroatoms. The minimum absolute atomic E-state index is 0.212. The first-order valence-electron chi connectivity index (χ1n) is 7.07. The Labute approximate surface area is 134 Å². The number of nitrogens with zero attached hydrogens (tertiary/aromatic N) is 2. The number of anilines is 1. The molecule has 0 saturated heterocycles. The smallest absolute Gasteiger partial charge is 0.410 e. The van der Waals surface area contributed by atoms with Crippen LogP contribution in [0.3, 0.4) is 0 Å². The zero-order chi connectivity index (χ0) is 17.5. The van der Waals surface area contributed by atoms with Gasteiger partial charge in [0, 0.05) is 6.42 Å². The third-order valence-corrected chi connectivity index (χ3v) is 3.95. The fourth-order valence-corrected chi connectivity index (χ4v) is 2.79. The number of rotatable bonds is 3. The van der Waals surface area contributed by atoms with Gasteiger partial charge in [0.1, 0.15) is 11.6 Å². The molecule has 1 aliphatic rings. The van der Waals surface area contributed by atoms with E-state index in [-0.39, 0.29) is 12.2 Å². The van der Waals surface area contributed by atoms with Crippen LogP contribution in [0.1, 0.15) is 34.4 Å². The summed E-state index contributed by atoms with van der Waals surface area (Å²) in [6, 6.07) is 3.91. The van der Waals surface area contributed by atoms with Crippen LogP contribution in [0.2, 0.25) is 0 Å². The number of aromatic carboxylic acids is 1. The molecular weight excluding hydrogens is 327 g/mol. The van der Waals surface area contributed by atoms with E-state index in [1.165, 1.54) is 7.11 Å². The van der Waals surface area contributed by atoms with Gasteiger partial charge in [0.2, 0.25) is 0 Å². The van der Waals surface area contributed by atoms with E-state index in [1.807, 2.05) is 0 Å². The van der Waals surface area contributed by atoms with Crippen LogP contribution in [-0.2, 0) is 0 Å². The van der Waals surface area contributed by atoms with Gasteiger partial charge in [-0.1, -0.05) is 12.1 Å². The Morgan fingerprint density at radius 1 is 1.46 bits per heavy atom. The number of ether oxygens (including phenoxy) is 1. The average Bonchev–Trinajstić information content (AvgIpc) is 2.97. The molecular formula is C15H13F3N3O3-. The molecule has 128 valence electrons. The molecule has 24 heavy (non-hydrogen) atoms. The minimum atomic E-state index is -4.57. The Morgan fingerprint density at radius 3 is 2.83 bits per heavy atom. The van der Waals surface area contributed by atoms with Crippen molar-refractivity contribution in [2.45, 2.75) is 24.7 Å². The van der Waals surface area contributed by atoms with Gasteiger partial charge < -0.3 is 20.0 Å². The fraction of sp³-hybridized carbons (Fsp3) is 0.333. The van der Waals surface area contributed by atoms with Crippen LogP contribution in [0.4, 0.5) is 19.0 Å². The summed E-state index contributed by atoms with van der Waals surface area (Å²) in [7, 11) is 1.45. The SMILES string of the molecule is COc1cccc([C@H]2C[C@H](C(F)(F)F)n3ncc(C(=O)[O-])c3N2)c1. The van der Waals surface area contributed by atoms with Gasteiger partial charge in [-0.05, 0) is 17.7 Å². The van der Waals surface area contributed by atoms with Gasteiger partial charge in [0.25, 0.3) is 0 Å². The van der Waals surface area contributed by atoms with Crippen molar-refractivity contribution in [1.29, 1.82) is 0 Å². The van der Waals surface area contributed by atoms with Crippen LogP contribution in [0.25, 0.3) is 0 Å². The highest BCUT2D eigenvalue weighted by Gasteiger charge is 2.47. The van der Waals surface area contributed by atoms with E-state index in [2.05, 4.69) is 10.4 Å². The van der Waals surface area contributed by atoms with Crippen LogP contribution in [0.5, 0.6) is 5.75 Å². The third-order valence-electron chi connectivity index (χ3n) is 3.95. The second kappa shape index (κ2) is 5.73. The molecule has 0 aliphatic carbocycles. The number of hydrogen-bond acceptors (Lipinski definition) is 5. The molecule has 0 fully saturated rings. The third kappa shape index (κ3) is 2.77. The van der Waals surface area contributed by atoms with E-state index in [0.717, 1.165) is 6.20 Å². The highest BCUT2D eigenvalue weighted by atomic mass is 19.4. The first-order chi connectivity index (χ1) is 11.3. The summed E-state index contributed by atoms with van der Waals surface area (Å²) in [6.07, 6.45) is -4.02. The van der Waals surface area contributed by atoms with Crippen molar-refractivity contribution in [3.8, 4) is 5.75 Å². The van der Waals surface area contributed by atoms with E-state index >= 15 is 0 Å². The molecule has 0 bridgehead atoms. The summed E-state index contributed by atoms with van der Waals surface area (Å²) in [6.45, 7) is 0. The molecule has 1 aromatic carbocycles. The quantitative estimate of drug-likeness (QED) is 0.923. The van der Waals surface area contributed by atoms with E-state index in [9.17, 15) is 23.1 Å². The maximum absolute atomic E-state index is 13.4. The molecule has 0 saturated carbocycles. The lowest BCUT2D eigenvalue weighted by Crippen LogP contribution is -2.36. The van der Waals surface area contributed by atoms with Crippen LogP contribution in [0, 0.1) is 0 Å². The maximum Gasteiger partial charge on any atom is 0.410 e. The molecule has 3 rings (SSSR count). The summed E-state index contributed by atoms with van der Waals surface area (Å²) in [5.74, 6) is -1.30. The van der Waals surface area contributed by atoms with Crippen molar-refractivity contribution in [1.82, 2.24) is 9.78 Å². The lowest BCUT2D eigenvalue weighted by molar-refractivity contribution is -0.255. The van der Waals surface area contributed by atoms with Gasteiger partial charge in [0.15, 0.2) is 6.04 Å². The number of carboxylic acid groups (broad SMARTS) is 1. The van der Waals surface area contributed by atoms with E-state index in [4.69, 9.17) is 4.74 Å². The number of methoxy groups -OCH3 is 1. The van der Waals surface area contributed by atoms with Crippen LogP contribution in [-0.4, -0.2) is 29.0 Å².